The third-order valence-electron chi connectivity index (χ3n) is 3.19. The van der Waals surface area contributed by atoms with Gasteiger partial charge in [-0.25, -0.2) is 14.0 Å². The lowest BCUT2D eigenvalue weighted by molar-refractivity contribution is -0.156. The average Bonchev–Trinajstić information content (AvgIpc) is 2.61. The van der Waals surface area contributed by atoms with E-state index in [0.717, 1.165) is 0 Å². The number of urea groups is 1. The first-order chi connectivity index (χ1) is 12.8. The molecule has 27 heavy (non-hydrogen) atoms. The third kappa shape index (κ3) is 6.70. The molecule has 0 fully saturated rings. The van der Waals surface area contributed by atoms with Crippen LogP contribution in [0.1, 0.15) is 6.92 Å². The van der Waals surface area contributed by atoms with E-state index in [4.69, 9.17) is 9.47 Å². The number of halogens is 2. The van der Waals surface area contributed by atoms with Crippen LogP contribution in [0, 0.1) is 5.82 Å². The molecule has 0 saturated heterocycles. The number of rotatable bonds is 6. The Hall–Kier alpha value is -2.94. The molecule has 0 heterocycles. The number of benzene rings is 2. The average molecular weight is 439 g/mol. The van der Waals surface area contributed by atoms with E-state index < -0.39 is 36.4 Å². The minimum atomic E-state index is -1.21. The number of para-hydroxylation sites is 1. The number of carbonyl (C=O) groups excluding carboxylic acids is 3. The number of nitrogens with one attached hydrogen (secondary N) is 2. The number of amides is 3. The van der Waals surface area contributed by atoms with Crippen molar-refractivity contribution in [2.24, 2.45) is 0 Å². The van der Waals surface area contributed by atoms with Crippen LogP contribution >= 0.6 is 15.9 Å². The number of imide groups is 1. The smallest absolute Gasteiger partial charge is 0.344 e. The molecule has 0 saturated carbocycles. The molecule has 9 heteroatoms. The second-order valence-electron chi connectivity index (χ2n) is 5.30. The fourth-order valence-corrected chi connectivity index (χ4v) is 2.38. The molecule has 2 aromatic carbocycles. The summed E-state index contributed by atoms with van der Waals surface area (Å²) in [5.41, 5.74) is 0.505. The van der Waals surface area contributed by atoms with Crippen LogP contribution in [0.3, 0.4) is 0 Å². The van der Waals surface area contributed by atoms with Gasteiger partial charge in [0.15, 0.2) is 12.7 Å². The van der Waals surface area contributed by atoms with E-state index in [2.05, 4.69) is 26.6 Å². The predicted molar refractivity (Wildman–Crippen MR) is 98.8 cm³/mol. The monoisotopic (exact) mass is 438 g/mol. The first-order valence-corrected chi connectivity index (χ1v) is 8.58. The third-order valence-corrected chi connectivity index (χ3v) is 3.80. The van der Waals surface area contributed by atoms with Gasteiger partial charge in [0.05, 0.1) is 4.47 Å². The Morgan fingerprint density at radius 1 is 1.15 bits per heavy atom. The van der Waals surface area contributed by atoms with Crippen molar-refractivity contribution in [1.29, 1.82) is 0 Å². The largest absolute Gasteiger partial charge is 0.481 e. The summed E-state index contributed by atoms with van der Waals surface area (Å²) >= 11 is 3.10. The van der Waals surface area contributed by atoms with Gasteiger partial charge in [0.2, 0.25) is 0 Å². The van der Waals surface area contributed by atoms with Gasteiger partial charge in [-0.15, -0.1) is 0 Å². The molecule has 0 radical (unpaired) electrons. The molecule has 142 valence electrons. The first kappa shape index (κ1) is 20.4. The van der Waals surface area contributed by atoms with E-state index in [1.807, 2.05) is 0 Å². The summed E-state index contributed by atoms with van der Waals surface area (Å²) in [4.78, 5) is 35.4. The minimum absolute atomic E-state index is 0.243. The number of anilines is 1. The molecule has 0 aromatic heterocycles. The van der Waals surface area contributed by atoms with E-state index in [0.29, 0.717) is 10.2 Å². The fraction of sp³-hybridized carbons (Fsp3) is 0.167. The van der Waals surface area contributed by atoms with Crippen molar-refractivity contribution in [1.82, 2.24) is 5.32 Å². The number of esters is 1. The molecule has 2 aromatic rings. The summed E-state index contributed by atoms with van der Waals surface area (Å²) in [7, 11) is 0. The molecule has 0 bridgehead atoms. The zero-order chi connectivity index (χ0) is 19.8. The number of carbonyl (C=O) groups is 3. The Morgan fingerprint density at radius 3 is 2.52 bits per heavy atom. The molecule has 2 rings (SSSR count). The Labute approximate surface area is 163 Å². The SMILES string of the molecule is CC(OC(=O)COc1ccc(F)cc1Br)C(=O)NC(=O)Nc1ccccc1. The van der Waals surface area contributed by atoms with Crippen LogP contribution in [0.15, 0.2) is 53.0 Å². The van der Waals surface area contributed by atoms with Gasteiger partial charge in [-0.05, 0) is 53.2 Å². The number of hydrogen-bond acceptors (Lipinski definition) is 5. The lowest BCUT2D eigenvalue weighted by Gasteiger charge is -2.14. The molecule has 1 atom stereocenters. The highest BCUT2D eigenvalue weighted by atomic mass is 79.9. The van der Waals surface area contributed by atoms with Gasteiger partial charge in [-0.1, -0.05) is 18.2 Å². The second kappa shape index (κ2) is 9.67. The van der Waals surface area contributed by atoms with E-state index in [9.17, 15) is 18.8 Å². The highest BCUT2D eigenvalue weighted by Gasteiger charge is 2.20. The van der Waals surface area contributed by atoms with Crippen molar-refractivity contribution in [3.8, 4) is 5.75 Å². The van der Waals surface area contributed by atoms with E-state index in [-0.39, 0.29) is 5.75 Å². The molecule has 2 N–H and O–H groups in total. The lowest BCUT2D eigenvalue weighted by Crippen LogP contribution is -2.42. The normalized spacial score (nSPS) is 11.2. The highest BCUT2D eigenvalue weighted by Crippen LogP contribution is 2.25. The van der Waals surface area contributed by atoms with Gasteiger partial charge < -0.3 is 14.8 Å². The fourth-order valence-electron chi connectivity index (χ4n) is 1.91. The van der Waals surface area contributed by atoms with E-state index >= 15 is 0 Å². The molecule has 0 aliphatic carbocycles. The van der Waals surface area contributed by atoms with Crippen molar-refractivity contribution < 1.29 is 28.2 Å². The Balaban J connectivity index is 1.77. The maximum atomic E-state index is 13.0. The highest BCUT2D eigenvalue weighted by molar-refractivity contribution is 9.10. The zero-order valence-electron chi connectivity index (χ0n) is 14.2. The van der Waals surface area contributed by atoms with Gasteiger partial charge in [-0.3, -0.25) is 10.1 Å². The quantitative estimate of drug-likeness (QED) is 0.675. The minimum Gasteiger partial charge on any atom is -0.481 e. The van der Waals surface area contributed by atoms with Gasteiger partial charge in [0.25, 0.3) is 5.91 Å². The lowest BCUT2D eigenvalue weighted by atomic mass is 10.3. The van der Waals surface area contributed by atoms with Crippen LogP contribution in [-0.4, -0.2) is 30.6 Å². The summed E-state index contributed by atoms with van der Waals surface area (Å²) in [5, 5.41) is 4.53. The molecule has 0 spiro atoms. The van der Waals surface area contributed by atoms with Crippen LogP contribution < -0.4 is 15.4 Å². The van der Waals surface area contributed by atoms with Crippen LogP contribution in [0.2, 0.25) is 0 Å². The topological polar surface area (TPSA) is 93.7 Å². The van der Waals surface area contributed by atoms with Crippen LogP contribution in [0.25, 0.3) is 0 Å². The van der Waals surface area contributed by atoms with E-state index in [1.54, 1.807) is 30.3 Å². The van der Waals surface area contributed by atoms with Gasteiger partial charge in [0.1, 0.15) is 11.6 Å². The standard InChI is InChI=1S/C18H16BrFN2O5/c1-11(17(24)22-18(25)21-13-5-3-2-4-6-13)27-16(23)10-26-15-8-7-12(20)9-14(15)19/h2-9,11H,10H2,1H3,(H2,21,22,24,25). The summed E-state index contributed by atoms with van der Waals surface area (Å²) in [6.07, 6.45) is -1.21. The maximum Gasteiger partial charge on any atom is 0.344 e. The van der Waals surface area contributed by atoms with E-state index in [1.165, 1.54) is 25.1 Å². The molecule has 1 unspecified atom stereocenters. The van der Waals surface area contributed by atoms with Crippen LogP contribution in [-0.2, 0) is 14.3 Å². The Kier molecular flexibility index (Phi) is 7.30. The number of ether oxygens (including phenoxy) is 2. The second-order valence-corrected chi connectivity index (χ2v) is 6.16. The van der Waals surface area contributed by atoms with Crippen molar-refractivity contribution in [2.45, 2.75) is 13.0 Å². The molecule has 0 aliphatic rings. The number of hydrogen-bond donors (Lipinski definition) is 2. The Bertz CT molecular complexity index is 832. The van der Waals surface area contributed by atoms with Gasteiger partial charge in [0, 0.05) is 5.69 Å². The van der Waals surface area contributed by atoms with Gasteiger partial charge >= 0.3 is 12.0 Å². The van der Waals surface area contributed by atoms with Crippen LogP contribution in [0.4, 0.5) is 14.9 Å². The van der Waals surface area contributed by atoms with Crippen molar-refractivity contribution in [3.05, 3.63) is 58.8 Å². The van der Waals surface area contributed by atoms with Crippen molar-refractivity contribution in [3.63, 3.8) is 0 Å². The molecule has 7 nitrogen and oxygen atoms in total. The summed E-state index contributed by atoms with van der Waals surface area (Å²) in [6, 6.07) is 11.5. The van der Waals surface area contributed by atoms with Crippen molar-refractivity contribution >= 4 is 39.5 Å². The molecular weight excluding hydrogens is 423 g/mol. The Morgan fingerprint density at radius 2 is 1.85 bits per heavy atom. The summed E-state index contributed by atoms with van der Waals surface area (Å²) in [5.74, 6) is -1.83. The maximum absolute atomic E-state index is 13.0. The molecular formula is C18H16BrFN2O5. The first-order valence-electron chi connectivity index (χ1n) is 7.79. The summed E-state index contributed by atoms with van der Waals surface area (Å²) < 4.78 is 23.4. The van der Waals surface area contributed by atoms with Crippen LogP contribution in [0.5, 0.6) is 5.75 Å². The zero-order valence-corrected chi connectivity index (χ0v) is 15.8. The summed E-state index contributed by atoms with van der Waals surface area (Å²) in [6.45, 7) is 0.828. The predicted octanol–water partition coefficient (Wildman–Crippen LogP) is 3.25. The molecule has 0 aliphatic heterocycles. The molecule has 3 amide bonds. The van der Waals surface area contributed by atoms with Gasteiger partial charge in [-0.2, -0.15) is 0 Å². The van der Waals surface area contributed by atoms with Crippen molar-refractivity contribution in [2.75, 3.05) is 11.9 Å².